The van der Waals surface area contributed by atoms with Gasteiger partial charge in [0.05, 0.1) is 25.5 Å². The number of carbonyl (C=O) groups excluding carboxylic acids is 4. The predicted octanol–water partition coefficient (Wildman–Crippen LogP) is 4.09. The van der Waals surface area contributed by atoms with Gasteiger partial charge < -0.3 is 9.84 Å². The number of benzene rings is 1. The summed E-state index contributed by atoms with van der Waals surface area (Å²) in [7, 11) is 1.52. The molecule has 1 N–H and O–H groups in total. The average molecular weight is 516 g/mol. The van der Waals surface area contributed by atoms with Crippen molar-refractivity contribution in [1.29, 1.82) is 0 Å². The van der Waals surface area contributed by atoms with Crippen LogP contribution in [0, 0.1) is 17.8 Å². The number of fused-ring (bicyclic) bond motifs is 3. The monoisotopic (exact) mass is 515 g/mol. The van der Waals surface area contributed by atoms with Gasteiger partial charge in [-0.15, -0.1) is 11.3 Å². The topological polar surface area (TPSA) is 101 Å². The number of thiophene rings is 1. The molecule has 1 aromatic carbocycles. The van der Waals surface area contributed by atoms with E-state index in [1.165, 1.54) is 35.5 Å². The maximum Gasteiger partial charge on any atom is 0.234 e. The van der Waals surface area contributed by atoms with Crippen LogP contribution >= 0.6 is 11.3 Å². The van der Waals surface area contributed by atoms with Crippen molar-refractivity contribution in [3.63, 3.8) is 0 Å². The Morgan fingerprint density at radius 2 is 1.92 bits per heavy atom. The fourth-order valence-corrected chi connectivity index (χ4v) is 7.10. The van der Waals surface area contributed by atoms with Crippen LogP contribution in [0.4, 0.5) is 0 Å². The van der Waals surface area contributed by atoms with Crippen molar-refractivity contribution in [3.8, 4) is 11.5 Å². The second kappa shape index (κ2) is 8.66. The molecule has 4 aliphatic rings. The lowest BCUT2D eigenvalue weighted by Crippen LogP contribution is -2.39. The number of allylic oxidation sites excluding steroid dienone is 6. The predicted molar refractivity (Wildman–Crippen MR) is 136 cm³/mol. The zero-order valence-corrected chi connectivity index (χ0v) is 21.2. The first kappa shape index (κ1) is 23.6. The number of methoxy groups -OCH3 is 1. The first-order valence-electron chi connectivity index (χ1n) is 12.2. The van der Waals surface area contributed by atoms with Gasteiger partial charge in [-0.25, -0.2) is 0 Å². The van der Waals surface area contributed by atoms with Crippen molar-refractivity contribution in [3.05, 3.63) is 80.6 Å². The molecule has 3 aliphatic carbocycles. The van der Waals surface area contributed by atoms with E-state index in [1.54, 1.807) is 19.1 Å². The second-order valence-electron chi connectivity index (χ2n) is 10.00. The van der Waals surface area contributed by atoms with Crippen LogP contribution in [0.1, 0.15) is 36.1 Å². The molecule has 6 rings (SSSR count). The Morgan fingerprint density at radius 3 is 2.65 bits per heavy atom. The molecule has 0 radical (unpaired) electrons. The lowest BCUT2D eigenvalue weighted by Gasteiger charge is -2.42. The molecule has 1 aromatic heterocycles. The first-order valence-corrected chi connectivity index (χ1v) is 13.1. The van der Waals surface area contributed by atoms with Crippen LogP contribution in [0.25, 0.3) is 0 Å². The number of carbonyl (C=O) groups is 4. The highest BCUT2D eigenvalue weighted by molar-refractivity contribution is 7.09. The number of hydrogen-bond donors (Lipinski definition) is 1. The van der Waals surface area contributed by atoms with Gasteiger partial charge in [-0.3, -0.25) is 24.1 Å². The number of amides is 2. The first-order chi connectivity index (χ1) is 17.8. The average Bonchev–Trinajstić information content (AvgIpc) is 3.49. The standard InChI is InChI=1S/C29H25NO6S/c1-14-10-23(32)26-21(27(14)33)12-19-17(24(26)20-11-15(36-2)5-8-22(20)31)6-7-18-25(19)29(35)30(28(18)34)13-16-4-3-9-37-16/h3-6,8-11,18-19,24-25,31H,7,12-13H2,1-2H3/t18-,19+,24+,25-/m0/s1. The van der Waals surface area contributed by atoms with Crippen molar-refractivity contribution in [2.45, 2.75) is 32.2 Å². The molecule has 1 fully saturated rings. The quantitative estimate of drug-likeness (QED) is 0.374. The summed E-state index contributed by atoms with van der Waals surface area (Å²) in [5, 5.41) is 12.8. The highest BCUT2D eigenvalue weighted by Crippen LogP contribution is 2.56. The molecule has 1 saturated heterocycles. The summed E-state index contributed by atoms with van der Waals surface area (Å²) in [4.78, 5) is 56.1. The molecule has 4 atom stereocenters. The van der Waals surface area contributed by atoms with E-state index in [0.29, 0.717) is 34.5 Å². The van der Waals surface area contributed by atoms with E-state index in [-0.39, 0.29) is 42.1 Å². The lowest BCUT2D eigenvalue weighted by molar-refractivity contribution is -0.140. The molecule has 0 bridgehead atoms. The van der Waals surface area contributed by atoms with Crippen LogP contribution in [0.15, 0.2) is 70.2 Å². The van der Waals surface area contributed by atoms with Crippen molar-refractivity contribution in [1.82, 2.24) is 4.90 Å². The smallest absolute Gasteiger partial charge is 0.234 e. The van der Waals surface area contributed by atoms with Gasteiger partial charge in [0.1, 0.15) is 11.5 Å². The fourth-order valence-electron chi connectivity index (χ4n) is 6.41. The summed E-state index contributed by atoms with van der Waals surface area (Å²) in [5.41, 5.74) is 2.31. The number of ketones is 2. The van der Waals surface area contributed by atoms with Crippen molar-refractivity contribution >= 4 is 34.7 Å². The van der Waals surface area contributed by atoms with Gasteiger partial charge in [-0.1, -0.05) is 17.7 Å². The number of likely N-dealkylation sites (tertiary alicyclic amines) is 1. The number of hydrogen-bond acceptors (Lipinski definition) is 7. The molecule has 0 spiro atoms. The van der Waals surface area contributed by atoms with Crippen LogP contribution < -0.4 is 4.74 Å². The molecule has 0 unspecified atom stereocenters. The number of phenols is 1. The van der Waals surface area contributed by atoms with Crippen molar-refractivity contribution in [2.75, 3.05) is 7.11 Å². The van der Waals surface area contributed by atoms with E-state index in [0.717, 1.165) is 10.5 Å². The lowest BCUT2D eigenvalue weighted by atomic mass is 9.59. The van der Waals surface area contributed by atoms with Crippen LogP contribution in [0.3, 0.4) is 0 Å². The van der Waals surface area contributed by atoms with Crippen molar-refractivity contribution < 1.29 is 29.0 Å². The third-order valence-corrected chi connectivity index (χ3v) is 8.95. The molecule has 0 saturated carbocycles. The number of ether oxygens (including phenoxy) is 1. The Kier molecular flexibility index (Phi) is 5.53. The summed E-state index contributed by atoms with van der Waals surface area (Å²) in [6.07, 6.45) is 3.88. The van der Waals surface area contributed by atoms with Crippen LogP contribution in [-0.2, 0) is 25.7 Å². The van der Waals surface area contributed by atoms with Gasteiger partial charge >= 0.3 is 0 Å². The highest BCUT2D eigenvalue weighted by atomic mass is 32.1. The third-order valence-electron chi connectivity index (χ3n) is 8.09. The minimum atomic E-state index is -0.708. The summed E-state index contributed by atoms with van der Waals surface area (Å²) in [6.45, 7) is 1.85. The molecule has 8 heteroatoms. The Bertz CT molecular complexity index is 1460. The van der Waals surface area contributed by atoms with E-state index >= 15 is 0 Å². The molecular weight excluding hydrogens is 490 g/mol. The summed E-state index contributed by atoms with van der Waals surface area (Å²) < 4.78 is 5.39. The fraction of sp³-hybridized carbons (Fsp3) is 0.310. The summed E-state index contributed by atoms with van der Waals surface area (Å²) in [5.74, 6) is -2.72. The molecule has 188 valence electrons. The van der Waals surface area contributed by atoms with Gasteiger partial charge in [0.2, 0.25) is 11.8 Å². The van der Waals surface area contributed by atoms with Gasteiger partial charge in [0.25, 0.3) is 0 Å². The molecule has 2 aromatic rings. The van der Waals surface area contributed by atoms with Gasteiger partial charge in [0.15, 0.2) is 11.6 Å². The Balaban J connectivity index is 1.48. The normalized spacial score (nSPS) is 27.0. The zero-order chi connectivity index (χ0) is 26.0. The van der Waals surface area contributed by atoms with Crippen LogP contribution in [0.2, 0.25) is 0 Å². The van der Waals surface area contributed by atoms with Crippen LogP contribution in [-0.4, -0.2) is 40.5 Å². The summed E-state index contributed by atoms with van der Waals surface area (Å²) >= 11 is 1.49. The molecule has 2 amide bonds. The number of phenolic OH excluding ortho intramolecular Hbond substituents is 1. The molecule has 2 heterocycles. The van der Waals surface area contributed by atoms with E-state index in [1.807, 2.05) is 23.6 Å². The number of rotatable bonds is 4. The molecule has 7 nitrogen and oxygen atoms in total. The highest BCUT2D eigenvalue weighted by Gasteiger charge is 2.56. The van der Waals surface area contributed by atoms with E-state index in [2.05, 4.69) is 0 Å². The SMILES string of the molecule is COc1ccc(O)c([C@H]2C3=CC[C@@H]4C(=O)N(Cc5cccs5)C(=O)[C@@H]4[C@@H]3CC3=C2C(=O)C=C(C)C3=O)c1. The van der Waals surface area contributed by atoms with Gasteiger partial charge in [-0.2, -0.15) is 0 Å². The van der Waals surface area contributed by atoms with E-state index < -0.39 is 23.7 Å². The second-order valence-corrected chi connectivity index (χ2v) is 11.0. The molecule has 37 heavy (non-hydrogen) atoms. The Morgan fingerprint density at radius 1 is 1.11 bits per heavy atom. The zero-order valence-electron chi connectivity index (χ0n) is 20.4. The number of imide groups is 1. The maximum atomic E-state index is 13.7. The summed E-state index contributed by atoms with van der Waals surface area (Å²) in [6, 6.07) is 8.59. The van der Waals surface area contributed by atoms with Crippen LogP contribution in [0.5, 0.6) is 11.5 Å². The van der Waals surface area contributed by atoms with Gasteiger partial charge in [-0.05, 0) is 61.4 Å². The molecular formula is C29H25NO6S. The minimum absolute atomic E-state index is 0.0269. The minimum Gasteiger partial charge on any atom is -0.508 e. The van der Waals surface area contributed by atoms with Gasteiger partial charge in [0, 0.05) is 33.1 Å². The largest absolute Gasteiger partial charge is 0.508 e. The van der Waals surface area contributed by atoms with E-state index in [4.69, 9.17) is 4.74 Å². The number of aromatic hydroxyl groups is 1. The Labute approximate surface area is 217 Å². The number of Topliss-reactive ketones (excluding diaryl/α,β-unsaturated/α-hetero) is 1. The third kappa shape index (κ3) is 3.54. The molecule has 1 aliphatic heterocycles. The number of nitrogens with zero attached hydrogens (tertiary/aromatic N) is 1. The Hall–Kier alpha value is -3.78. The maximum absolute atomic E-state index is 13.7. The van der Waals surface area contributed by atoms with E-state index in [9.17, 15) is 24.3 Å². The van der Waals surface area contributed by atoms with Crippen molar-refractivity contribution in [2.24, 2.45) is 17.8 Å².